The van der Waals surface area contributed by atoms with Crippen molar-refractivity contribution in [3.8, 4) is 5.75 Å². The molecule has 3 rings (SSSR count). The molecule has 172 valence electrons. The van der Waals surface area contributed by atoms with Gasteiger partial charge in [0.05, 0.1) is 12.4 Å². The number of aromatic hydroxyl groups is 1. The molecule has 2 N–H and O–H groups in total. The van der Waals surface area contributed by atoms with E-state index in [0.717, 1.165) is 0 Å². The molecule has 0 aromatic heterocycles. The van der Waals surface area contributed by atoms with Gasteiger partial charge in [-0.15, -0.1) is 0 Å². The lowest BCUT2D eigenvalue weighted by Gasteiger charge is -2.26. The van der Waals surface area contributed by atoms with Gasteiger partial charge in [0.1, 0.15) is 11.9 Å². The Morgan fingerprint density at radius 1 is 0.970 bits per heavy atom. The summed E-state index contributed by atoms with van der Waals surface area (Å²) in [5, 5.41) is 13.8. The minimum Gasteiger partial charge on any atom is -0.507 e. The summed E-state index contributed by atoms with van der Waals surface area (Å²) in [6, 6.07) is 18.8. The van der Waals surface area contributed by atoms with Crippen molar-refractivity contribution in [1.82, 2.24) is 5.32 Å². The van der Waals surface area contributed by atoms with Gasteiger partial charge in [0.15, 0.2) is 0 Å². The predicted molar refractivity (Wildman–Crippen MR) is 127 cm³/mol. The number of hydrogen-bond donors (Lipinski definition) is 3. The van der Waals surface area contributed by atoms with Crippen molar-refractivity contribution in [3.63, 3.8) is 0 Å². The fraction of sp³-hybridized carbons (Fsp3) is 0.240. The van der Waals surface area contributed by atoms with Crippen LogP contribution < -0.4 is 5.32 Å². The van der Waals surface area contributed by atoms with Gasteiger partial charge in [0, 0.05) is 22.4 Å². The Morgan fingerprint density at radius 3 is 2.33 bits per heavy atom. The molecule has 0 aliphatic carbocycles. The summed E-state index contributed by atoms with van der Waals surface area (Å²) in [6.07, 6.45) is -1.27. The first-order chi connectivity index (χ1) is 15.9. The minimum absolute atomic E-state index is 0.0269. The molecule has 0 saturated heterocycles. The van der Waals surface area contributed by atoms with Crippen molar-refractivity contribution in [2.75, 3.05) is 12.4 Å². The van der Waals surface area contributed by atoms with E-state index in [1.165, 1.54) is 6.07 Å². The number of hydrogen-bond acceptors (Lipinski definition) is 7. The Balaban J connectivity index is 1.84. The zero-order valence-corrected chi connectivity index (χ0v) is 19.0. The molecule has 2 atom stereocenters. The quantitative estimate of drug-likeness (QED) is 0.329. The summed E-state index contributed by atoms with van der Waals surface area (Å²) < 4.78 is 10.8. The van der Waals surface area contributed by atoms with Crippen LogP contribution in [0.1, 0.15) is 35.4 Å². The number of benzene rings is 3. The normalized spacial score (nSPS) is 12.5. The van der Waals surface area contributed by atoms with Gasteiger partial charge in [-0.25, -0.2) is 4.79 Å². The summed E-state index contributed by atoms with van der Waals surface area (Å²) in [5.74, 6) is -1.22. The van der Waals surface area contributed by atoms with Crippen LogP contribution in [0.25, 0.3) is 10.8 Å². The summed E-state index contributed by atoms with van der Waals surface area (Å²) >= 11 is 3.89. The first-order valence-corrected chi connectivity index (χ1v) is 11.1. The zero-order chi connectivity index (χ0) is 23.8. The van der Waals surface area contributed by atoms with Gasteiger partial charge in [0.25, 0.3) is 5.91 Å². The molecule has 0 aliphatic rings. The third-order valence-corrected chi connectivity index (χ3v) is 5.47. The molecular weight excluding hydrogens is 442 g/mol. The van der Waals surface area contributed by atoms with E-state index >= 15 is 0 Å². The zero-order valence-electron chi connectivity index (χ0n) is 18.1. The lowest BCUT2D eigenvalue weighted by atomic mass is 9.90. The molecule has 0 heterocycles. The molecular formula is C25H25NO6S. The largest absolute Gasteiger partial charge is 0.507 e. The molecule has 0 spiro atoms. The van der Waals surface area contributed by atoms with Gasteiger partial charge in [-0.05, 0) is 30.0 Å². The van der Waals surface area contributed by atoms with Crippen LogP contribution in [0.2, 0.25) is 0 Å². The summed E-state index contributed by atoms with van der Waals surface area (Å²) in [5.41, 5.74) is 0.992. The smallest absolute Gasteiger partial charge is 0.414 e. The maximum atomic E-state index is 12.6. The van der Waals surface area contributed by atoms with Crippen molar-refractivity contribution in [3.05, 3.63) is 77.9 Å². The second-order valence-electron chi connectivity index (χ2n) is 7.51. The highest BCUT2D eigenvalue weighted by atomic mass is 32.1. The predicted octanol–water partition coefficient (Wildman–Crippen LogP) is 4.65. The van der Waals surface area contributed by atoms with Gasteiger partial charge in [-0.3, -0.25) is 14.9 Å². The number of ether oxygens (including phenoxy) is 2. The van der Waals surface area contributed by atoms with E-state index in [0.29, 0.717) is 28.3 Å². The summed E-state index contributed by atoms with van der Waals surface area (Å²) in [4.78, 5) is 36.4. The van der Waals surface area contributed by atoms with Crippen LogP contribution in [0.4, 0.5) is 4.79 Å². The second kappa shape index (κ2) is 11.4. The van der Waals surface area contributed by atoms with Gasteiger partial charge in [0.2, 0.25) is 0 Å². The number of phenols is 1. The highest BCUT2D eigenvalue weighted by Crippen LogP contribution is 2.36. The van der Waals surface area contributed by atoms with Crippen LogP contribution in [0.5, 0.6) is 5.75 Å². The average Bonchev–Trinajstić information content (AvgIpc) is 2.83. The molecule has 0 saturated carbocycles. The van der Waals surface area contributed by atoms with Crippen molar-refractivity contribution in [2.45, 2.75) is 19.4 Å². The molecule has 0 fully saturated rings. The highest BCUT2D eigenvalue weighted by Gasteiger charge is 2.27. The third-order valence-electron chi connectivity index (χ3n) is 5.21. The monoisotopic (exact) mass is 467 g/mol. The lowest BCUT2D eigenvalue weighted by Crippen LogP contribution is -2.33. The molecule has 33 heavy (non-hydrogen) atoms. The van der Waals surface area contributed by atoms with Crippen molar-refractivity contribution in [2.24, 2.45) is 5.92 Å². The van der Waals surface area contributed by atoms with E-state index in [1.54, 1.807) is 48.5 Å². The summed E-state index contributed by atoms with van der Waals surface area (Å²) in [6.45, 7) is 1.98. The van der Waals surface area contributed by atoms with Crippen LogP contribution >= 0.6 is 12.6 Å². The Kier molecular flexibility index (Phi) is 8.32. The molecule has 0 unspecified atom stereocenters. The van der Waals surface area contributed by atoms with Gasteiger partial charge in [-0.2, -0.15) is 12.6 Å². The Labute approximate surface area is 197 Å². The van der Waals surface area contributed by atoms with Gasteiger partial charge >= 0.3 is 12.1 Å². The standard InChI is InChI=1S/C25H25NO6S/c1-16(13-14-31-22(28)15-33)23(20-11-12-21(27)19-10-6-5-9-18(19)20)32-25(30)26-24(29)17-7-3-2-4-8-17/h2-12,16,23,27,33H,13-15H2,1H3,(H,26,29,30)/t16-,23+/m1/s1. The average molecular weight is 468 g/mol. The number of esters is 1. The Bertz CT molecular complexity index is 1130. The number of nitrogens with one attached hydrogen (secondary N) is 1. The molecule has 2 amide bonds. The van der Waals surface area contributed by atoms with E-state index in [2.05, 4.69) is 17.9 Å². The van der Waals surface area contributed by atoms with E-state index < -0.39 is 24.1 Å². The molecule has 0 radical (unpaired) electrons. The first-order valence-electron chi connectivity index (χ1n) is 10.4. The fourth-order valence-electron chi connectivity index (χ4n) is 3.50. The lowest BCUT2D eigenvalue weighted by molar-refractivity contribution is -0.141. The number of thiol groups is 1. The Hall–Kier alpha value is -3.52. The number of imide groups is 1. The molecule has 0 aliphatic heterocycles. The maximum Gasteiger partial charge on any atom is 0.414 e. The van der Waals surface area contributed by atoms with Gasteiger partial charge < -0.3 is 14.6 Å². The number of amides is 2. The van der Waals surface area contributed by atoms with Crippen molar-refractivity contribution >= 4 is 41.4 Å². The van der Waals surface area contributed by atoms with Crippen LogP contribution in [0.15, 0.2) is 66.7 Å². The van der Waals surface area contributed by atoms with Crippen molar-refractivity contribution < 1.29 is 29.0 Å². The molecule has 3 aromatic rings. The molecule has 7 nitrogen and oxygen atoms in total. The van der Waals surface area contributed by atoms with Gasteiger partial charge in [-0.1, -0.05) is 55.5 Å². The van der Waals surface area contributed by atoms with E-state index in [9.17, 15) is 19.5 Å². The number of carbonyl (C=O) groups is 3. The number of alkyl carbamates (subject to hydrolysis) is 1. The van der Waals surface area contributed by atoms with Crippen LogP contribution in [-0.2, 0) is 14.3 Å². The SMILES string of the molecule is C[C@H](CCOC(=O)CS)[C@H](OC(=O)NC(=O)c1ccccc1)c1ccc(O)c2ccccc12. The molecule has 0 bridgehead atoms. The Morgan fingerprint density at radius 2 is 1.64 bits per heavy atom. The fourth-order valence-corrected chi connectivity index (χ4v) is 3.59. The highest BCUT2D eigenvalue weighted by molar-refractivity contribution is 7.81. The van der Waals surface area contributed by atoms with Crippen LogP contribution in [-0.4, -0.2) is 35.4 Å². The second-order valence-corrected chi connectivity index (χ2v) is 7.83. The number of rotatable bonds is 8. The maximum absolute atomic E-state index is 12.6. The first kappa shape index (κ1) is 24.1. The molecule has 8 heteroatoms. The van der Waals surface area contributed by atoms with Crippen LogP contribution in [0, 0.1) is 5.92 Å². The van der Waals surface area contributed by atoms with E-state index in [4.69, 9.17) is 9.47 Å². The van der Waals surface area contributed by atoms with Crippen LogP contribution in [0.3, 0.4) is 0 Å². The topological polar surface area (TPSA) is 102 Å². The number of carbonyl (C=O) groups excluding carboxylic acids is 3. The number of phenolic OH excluding ortho intramolecular Hbond substituents is 1. The number of fused-ring (bicyclic) bond motifs is 1. The van der Waals surface area contributed by atoms with E-state index in [1.807, 2.05) is 19.1 Å². The third kappa shape index (κ3) is 6.26. The molecule has 3 aromatic carbocycles. The summed E-state index contributed by atoms with van der Waals surface area (Å²) in [7, 11) is 0. The van der Waals surface area contributed by atoms with Crippen molar-refractivity contribution in [1.29, 1.82) is 0 Å². The van der Waals surface area contributed by atoms with E-state index in [-0.39, 0.29) is 24.0 Å². The minimum atomic E-state index is -0.898.